The molecule has 4 rings (SSSR count). The number of benzene rings is 3. The molecule has 1 aliphatic carbocycles. The molecule has 0 amide bonds. The van der Waals surface area contributed by atoms with Gasteiger partial charge < -0.3 is 0 Å². The van der Waals surface area contributed by atoms with Gasteiger partial charge in [-0.15, -0.1) is 0 Å². The van der Waals surface area contributed by atoms with Crippen molar-refractivity contribution in [2.75, 3.05) is 7.11 Å². The fraction of sp³-hybridized carbons (Fsp3) is 0.207. The summed E-state index contributed by atoms with van der Waals surface area (Å²) >= 11 is -0.0189. The molecule has 0 radical (unpaired) electrons. The van der Waals surface area contributed by atoms with Crippen molar-refractivity contribution >= 4 is 31.0 Å². The number of allylic oxidation sites excluding steroid dienone is 1. The topological polar surface area (TPSA) is 46.5 Å². The maximum atomic E-state index is 11.3. The Labute approximate surface area is 201 Å². The van der Waals surface area contributed by atoms with E-state index in [0.717, 1.165) is 12.0 Å². The molecular formula is C29H26O3Se. The normalized spacial score (nSPS) is 13.9. The second kappa shape index (κ2) is 9.32. The van der Waals surface area contributed by atoms with Gasteiger partial charge in [-0.05, 0) is 0 Å². The Morgan fingerprint density at radius 1 is 1.06 bits per heavy atom. The van der Waals surface area contributed by atoms with Gasteiger partial charge in [-0.25, -0.2) is 0 Å². The Balaban J connectivity index is 1.61. The van der Waals surface area contributed by atoms with Gasteiger partial charge in [0.25, 0.3) is 0 Å². The molecule has 0 heterocycles. The van der Waals surface area contributed by atoms with E-state index in [2.05, 4.69) is 80.1 Å². The van der Waals surface area contributed by atoms with Crippen LogP contribution in [0.1, 0.15) is 58.4 Å². The standard InChI is InChI=1S/C29H26O3Se/c1-19-5-8-21(9-6-19)23-13-15-29(2,3)26-18-22(10-12-24(23)26)33-16-14-20-7-11-25(28(30)31)27(17-20)32-4/h5-13,17-18H,15H2,1-4H3,(H,30,31). The average Bonchev–Trinajstić information content (AvgIpc) is 2.80. The van der Waals surface area contributed by atoms with Crippen molar-refractivity contribution < 1.29 is 14.6 Å². The molecule has 0 unspecified atom stereocenters. The molecule has 0 saturated carbocycles. The Kier molecular flexibility index (Phi) is 6.47. The molecule has 3 aromatic rings. The van der Waals surface area contributed by atoms with Crippen LogP contribution >= 0.6 is 0 Å². The van der Waals surface area contributed by atoms with Crippen LogP contribution in [0.2, 0.25) is 0 Å². The summed E-state index contributed by atoms with van der Waals surface area (Å²) < 4.78 is 6.44. The van der Waals surface area contributed by atoms with Crippen LogP contribution in [-0.2, 0) is 5.41 Å². The molecule has 0 spiro atoms. The van der Waals surface area contributed by atoms with E-state index in [0.29, 0.717) is 5.75 Å². The number of rotatable bonds is 4. The zero-order valence-corrected chi connectivity index (χ0v) is 20.9. The second-order valence-corrected chi connectivity index (χ2v) is 10.7. The number of fused-ring (bicyclic) bond motifs is 1. The third-order valence-electron chi connectivity index (χ3n) is 5.99. The van der Waals surface area contributed by atoms with Crippen molar-refractivity contribution in [1.29, 1.82) is 0 Å². The van der Waals surface area contributed by atoms with E-state index in [9.17, 15) is 9.90 Å². The van der Waals surface area contributed by atoms with Gasteiger partial charge in [-0.3, -0.25) is 0 Å². The molecule has 0 aromatic heterocycles. The molecule has 166 valence electrons. The zero-order chi connectivity index (χ0) is 23.6. The first-order valence-corrected chi connectivity index (χ1v) is 12.5. The van der Waals surface area contributed by atoms with Crippen molar-refractivity contribution in [2.45, 2.75) is 32.6 Å². The van der Waals surface area contributed by atoms with Crippen molar-refractivity contribution in [1.82, 2.24) is 0 Å². The quantitative estimate of drug-likeness (QED) is 0.397. The summed E-state index contributed by atoms with van der Waals surface area (Å²) in [7, 11) is 1.47. The summed E-state index contributed by atoms with van der Waals surface area (Å²) in [4.78, 5) is 14.6. The van der Waals surface area contributed by atoms with E-state index in [1.165, 1.54) is 39.4 Å². The summed E-state index contributed by atoms with van der Waals surface area (Å²) in [6.45, 7) is 6.71. The van der Waals surface area contributed by atoms with Crippen LogP contribution in [0.4, 0.5) is 0 Å². The van der Waals surface area contributed by atoms with Crippen molar-refractivity contribution in [3.8, 4) is 16.5 Å². The molecule has 0 saturated heterocycles. The fourth-order valence-electron chi connectivity index (χ4n) is 4.05. The minimum atomic E-state index is -1.01. The molecule has 0 aliphatic heterocycles. The van der Waals surface area contributed by atoms with Crippen LogP contribution < -0.4 is 9.20 Å². The van der Waals surface area contributed by atoms with E-state index >= 15 is 0 Å². The number of ether oxygens (including phenoxy) is 1. The van der Waals surface area contributed by atoms with E-state index in [1.807, 2.05) is 0 Å². The molecule has 1 aliphatic rings. The molecule has 3 nitrogen and oxygen atoms in total. The summed E-state index contributed by atoms with van der Waals surface area (Å²) in [6, 6.07) is 20.4. The van der Waals surface area contributed by atoms with Gasteiger partial charge in [0, 0.05) is 0 Å². The second-order valence-electron chi connectivity index (χ2n) is 8.83. The SMILES string of the molecule is COc1cc(C#C[Se]c2ccc3c(c2)C(C)(C)CC=C3c2ccc(C)cc2)ccc1C(=O)O. The molecule has 4 heteroatoms. The summed E-state index contributed by atoms with van der Waals surface area (Å²) in [5, 5.41) is 9.24. The molecule has 33 heavy (non-hydrogen) atoms. The average molecular weight is 501 g/mol. The molecule has 1 N–H and O–H groups in total. The first kappa shape index (κ1) is 22.9. The number of aryl methyl sites for hydroxylation is 1. The minimum absolute atomic E-state index is 0.0189. The predicted octanol–water partition coefficient (Wildman–Crippen LogP) is 5.15. The van der Waals surface area contributed by atoms with Gasteiger partial charge in [0.05, 0.1) is 0 Å². The number of methoxy groups -OCH3 is 1. The van der Waals surface area contributed by atoms with Gasteiger partial charge in [-0.2, -0.15) is 0 Å². The van der Waals surface area contributed by atoms with Crippen molar-refractivity contribution in [3.05, 3.63) is 100 Å². The van der Waals surface area contributed by atoms with Crippen LogP contribution in [0.5, 0.6) is 5.75 Å². The summed E-state index contributed by atoms with van der Waals surface area (Å²) in [6.07, 6.45) is 3.37. The van der Waals surface area contributed by atoms with E-state index in [4.69, 9.17) is 4.74 Å². The fourth-order valence-corrected chi connectivity index (χ4v) is 5.31. The Morgan fingerprint density at radius 2 is 1.82 bits per heavy atom. The maximum absolute atomic E-state index is 11.3. The van der Waals surface area contributed by atoms with Crippen molar-refractivity contribution in [2.24, 2.45) is 0 Å². The third kappa shape index (κ3) is 4.91. The van der Waals surface area contributed by atoms with Gasteiger partial charge in [-0.1, -0.05) is 0 Å². The summed E-state index contributed by atoms with van der Waals surface area (Å²) in [5.41, 5.74) is 7.47. The van der Waals surface area contributed by atoms with E-state index in [-0.39, 0.29) is 25.9 Å². The molecule has 0 atom stereocenters. The number of carboxylic acids is 1. The van der Waals surface area contributed by atoms with E-state index in [1.54, 1.807) is 18.2 Å². The van der Waals surface area contributed by atoms with E-state index < -0.39 is 5.97 Å². The number of hydrogen-bond acceptors (Lipinski definition) is 2. The molecule has 0 bridgehead atoms. The predicted molar refractivity (Wildman–Crippen MR) is 135 cm³/mol. The number of carboxylic acid groups (broad SMARTS) is 1. The Hall–Kier alpha value is -3.25. The molecular weight excluding hydrogens is 475 g/mol. The van der Waals surface area contributed by atoms with Crippen LogP contribution in [0.15, 0.2) is 66.7 Å². The zero-order valence-electron chi connectivity index (χ0n) is 19.2. The molecule has 3 aromatic carbocycles. The summed E-state index contributed by atoms with van der Waals surface area (Å²) in [5.74, 6) is 2.49. The third-order valence-corrected chi connectivity index (χ3v) is 7.44. The number of hydrogen-bond donors (Lipinski definition) is 1. The Bertz CT molecular complexity index is 1300. The van der Waals surface area contributed by atoms with Crippen LogP contribution in [0.25, 0.3) is 5.57 Å². The Morgan fingerprint density at radius 3 is 2.52 bits per heavy atom. The first-order valence-electron chi connectivity index (χ1n) is 10.8. The number of aromatic carboxylic acids is 1. The first-order chi connectivity index (χ1) is 15.8. The van der Waals surface area contributed by atoms with Crippen LogP contribution in [0.3, 0.4) is 0 Å². The monoisotopic (exact) mass is 502 g/mol. The van der Waals surface area contributed by atoms with Crippen LogP contribution in [-0.4, -0.2) is 33.1 Å². The van der Waals surface area contributed by atoms with Gasteiger partial charge in [0.15, 0.2) is 0 Å². The van der Waals surface area contributed by atoms with Gasteiger partial charge in [0.1, 0.15) is 0 Å². The number of carbonyl (C=O) groups is 1. The van der Waals surface area contributed by atoms with Gasteiger partial charge in [0.2, 0.25) is 0 Å². The van der Waals surface area contributed by atoms with Gasteiger partial charge >= 0.3 is 202 Å². The van der Waals surface area contributed by atoms with Crippen LogP contribution in [0, 0.1) is 17.7 Å². The van der Waals surface area contributed by atoms with Crippen molar-refractivity contribution in [3.63, 3.8) is 0 Å². The molecule has 0 fully saturated rings.